The molecule has 1 amide bonds. The highest BCUT2D eigenvalue weighted by Gasteiger charge is 2.20. The van der Waals surface area contributed by atoms with Crippen LogP contribution < -0.4 is 5.32 Å². The third-order valence-corrected chi connectivity index (χ3v) is 4.91. The summed E-state index contributed by atoms with van der Waals surface area (Å²) in [7, 11) is 0. The van der Waals surface area contributed by atoms with E-state index in [4.69, 9.17) is 23.2 Å². The molecule has 0 radical (unpaired) electrons. The van der Waals surface area contributed by atoms with Gasteiger partial charge >= 0.3 is 0 Å². The number of amides is 1. The topological polar surface area (TPSA) is 32.3 Å². The molecule has 0 aliphatic carbocycles. The van der Waals surface area contributed by atoms with Gasteiger partial charge in [0.2, 0.25) is 0 Å². The van der Waals surface area contributed by atoms with E-state index < -0.39 is 0 Å². The van der Waals surface area contributed by atoms with E-state index in [-0.39, 0.29) is 17.0 Å². The molecule has 0 spiro atoms. The van der Waals surface area contributed by atoms with Gasteiger partial charge < -0.3 is 5.32 Å². The number of likely N-dealkylation sites (N-methyl/N-ethyl adjacent to an activating group) is 1. The zero-order valence-corrected chi connectivity index (χ0v) is 15.4. The number of nitrogens with zero attached hydrogens (tertiary/aromatic N) is 1. The number of hydrogen-bond donors (Lipinski definition) is 1. The fraction of sp³-hybridized carbons (Fsp3) is 0.316. The van der Waals surface area contributed by atoms with E-state index in [9.17, 15) is 4.79 Å². The van der Waals surface area contributed by atoms with Crippen molar-refractivity contribution in [2.75, 3.05) is 19.6 Å². The van der Waals surface area contributed by atoms with Gasteiger partial charge in [0.15, 0.2) is 0 Å². The number of halogens is 2. The molecule has 0 saturated carbocycles. The Kier molecular flexibility index (Phi) is 7.10. The van der Waals surface area contributed by atoms with Crippen molar-refractivity contribution in [3.05, 3.63) is 69.7 Å². The van der Waals surface area contributed by atoms with Gasteiger partial charge in [-0.15, -0.1) is 0 Å². The summed E-state index contributed by atoms with van der Waals surface area (Å²) < 4.78 is 0. The first-order valence-electron chi connectivity index (χ1n) is 8.09. The molecule has 0 heterocycles. The minimum Gasteiger partial charge on any atom is -0.350 e. The molecule has 5 heteroatoms. The average molecular weight is 365 g/mol. The van der Waals surface area contributed by atoms with Crippen LogP contribution in [0.25, 0.3) is 0 Å². The van der Waals surface area contributed by atoms with Crippen molar-refractivity contribution < 1.29 is 4.79 Å². The Bertz CT molecular complexity index is 672. The molecule has 0 saturated heterocycles. The van der Waals surface area contributed by atoms with E-state index in [0.29, 0.717) is 17.1 Å². The van der Waals surface area contributed by atoms with Gasteiger partial charge in [-0.25, -0.2) is 0 Å². The molecule has 2 rings (SSSR count). The van der Waals surface area contributed by atoms with Crippen LogP contribution in [-0.4, -0.2) is 30.4 Å². The maximum Gasteiger partial charge on any atom is 0.252 e. The predicted octanol–water partition coefficient (Wildman–Crippen LogP) is 4.81. The summed E-state index contributed by atoms with van der Waals surface area (Å²) in [5.41, 5.74) is 1.58. The van der Waals surface area contributed by atoms with Crippen molar-refractivity contribution in [3.8, 4) is 0 Å². The summed E-state index contributed by atoms with van der Waals surface area (Å²) in [6.07, 6.45) is 0. The summed E-state index contributed by atoms with van der Waals surface area (Å²) in [6.45, 7) is 6.56. The van der Waals surface area contributed by atoms with Crippen LogP contribution in [0, 0.1) is 0 Å². The molecule has 24 heavy (non-hydrogen) atoms. The minimum absolute atomic E-state index is 0.114. The van der Waals surface area contributed by atoms with Crippen LogP contribution in [0.4, 0.5) is 0 Å². The molecule has 2 aromatic carbocycles. The summed E-state index contributed by atoms with van der Waals surface area (Å²) >= 11 is 12.1. The van der Waals surface area contributed by atoms with Gasteiger partial charge in [0, 0.05) is 6.54 Å². The van der Waals surface area contributed by atoms with Crippen LogP contribution in [0.2, 0.25) is 10.0 Å². The van der Waals surface area contributed by atoms with Gasteiger partial charge in [-0.05, 0) is 30.8 Å². The number of rotatable bonds is 7. The Balaban J connectivity index is 2.15. The fourth-order valence-corrected chi connectivity index (χ4v) is 3.15. The van der Waals surface area contributed by atoms with Crippen molar-refractivity contribution in [1.29, 1.82) is 0 Å². The van der Waals surface area contributed by atoms with Crippen LogP contribution in [0.5, 0.6) is 0 Å². The number of nitrogens with one attached hydrogen (secondary N) is 1. The average Bonchev–Trinajstić information content (AvgIpc) is 2.61. The molecule has 0 aromatic heterocycles. The standard InChI is InChI=1S/C19H22Cl2N2O/c1-3-23(4-2)17(14-9-6-5-7-10-14)13-22-19(24)15-11-8-12-16(20)18(15)21/h5-12,17H,3-4,13H2,1-2H3,(H,22,24). The van der Waals surface area contributed by atoms with Gasteiger partial charge in [-0.3, -0.25) is 9.69 Å². The highest BCUT2D eigenvalue weighted by Crippen LogP contribution is 2.26. The van der Waals surface area contributed by atoms with E-state index in [1.165, 1.54) is 5.56 Å². The second-order valence-corrected chi connectivity index (χ2v) is 6.24. The molecule has 1 atom stereocenters. The number of carbonyl (C=O) groups excluding carboxylic acids is 1. The van der Waals surface area contributed by atoms with Crippen LogP contribution in [0.3, 0.4) is 0 Å². The van der Waals surface area contributed by atoms with Crippen LogP contribution in [-0.2, 0) is 0 Å². The van der Waals surface area contributed by atoms with Gasteiger partial charge in [0.05, 0.1) is 21.7 Å². The molecule has 0 bridgehead atoms. The molecule has 1 N–H and O–H groups in total. The Morgan fingerprint density at radius 1 is 1.04 bits per heavy atom. The monoisotopic (exact) mass is 364 g/mol. The lowest BCUT2D eigenvalue weighted by Crippen LogP contribution is -2.38. The van der Waals surface area contributed by atoms with Gasteiger partial charge in [0.1, 0.15) is 0 Å². The number of carbonyl (C=O) groups is 1. The smallest absolute Gasteiger partial charge is 0.252 e. The second kappa shape index (κ2) is 9.07. The van der Waals surface area contributed by atoms with Crippen molar-refractivity contribution in [1.82, 2.24) is 10.2 Å². The SMILES string of the molecule is CCN(CC)C(CNC(=O)c1cccc(Cl)c1Cl)c1ccccc1. The summed E-state index contributed by atoms with van der Waals surface area (Å²) in [4.78, 5) is 14.8. The Morgan fingerprint density at radius 2 is 1.71 bits per heavy atom. The van der Waals surface area contributed by atoms with E-state index in [1.807, 2.05) is 18.2 Å². The maximum absolute atomic E-state index is 12.5. The third-order valence-electron chi connectivity index (χ3n) is 4.09. The lowest BCUT2D eigenvalue weighted by atomic mass is 10.0. The fourth-order valence-electron chi connectivity index (χ4n) is 2.76. The molecule has 2 aromatic rings. The third kappa shape index (κ3) is 4.50. The highest BCUT2D eigenvalue weighted by atomic mass is 35.5. The van der Waals surface area contributed by atoms with Crippen molar-refractivity contribution in [2.24, 2.45) is 0 Å². The highest BCUT2D eigenvalue weighted by molar-refractivity contribution is 6.43. The predicted molar refractivity (Wildman–Crippen MR) is 101 cm³/mol. The van der Waals surface area contributed by atoms with Crippen LogP contribution in [0.1, 0.15) is 35.8 Å². The van der Waals surface area contributed by atoms with E-state index in [2.05, 4.69) is 36.2 Å². The van der Waals surface area contributed by atoms with Crippen molar-refractivity contribution in [2.45, 2.75) is 19.9 Å². The summed E-state index contributed by atoms with van der Waals surface area (Å²) in [5.74, 6) is -0.212. The maximum atomic E-state index is 12.5. The zero-order chi connectivity index (χ0) is 17.5. The van der Waals surface area contributed by atoms with E-state index in [1.54, 1.807) is 18.2 Å². The lowest BCUT2D eigenvalue weighted by molar-refractivity contribution is 0.0935. The first-order chi connectivity index (χ1) is 11.6. The number of benzene rings is 2. The summed E-state index contributed by atoms with van der Waals surface area (Å²) in [5, 5.41) is 3.66. The van der Waals surface area contributed by atoms with Gasteiger partial charge in [-0.1, -0.05) is 73.4 Å². The van der Waals surface area contributed by atoms with E-state index in [0.717, 1.165) is 13.1 Å². The molecule has 3 nitrogen and oxygen atoms in total. The van der Waals surface area contributed by atoms with Gasteiger partial charge in [0.25, 0.3) is 5.91 Å². The summed E-state index contributed by atoms with van der Waals surface area (Å²) in [6, 6.07) is 15.4. The van der Waals surface area contributed by atoms with Crippen molar-refractivity contribution >= 4 is 29.1 Å². The minimum atomic E-state index is -0.212. The lowest BCUT2D eigenvalue weighted by Gasteiger charge is -2.30. The molecule has 0 aliphatic heterocycles. The van der Waals surface area contributed by atoms with Gasteiger partial charge in [-0.2, -0.15) is 0 Å². The molecule has 128 valence electrons. The largest absolute Gasteiger partial charge is 0.350 e. The first-order valence-corrected chi connectivity index (χ1v) is 8.85. The Morgan fingerprint density at radius 3 is 2.33 bits per heavy atom. The van der Waals surface area contributed by atoms with E-state index >= 15 is 0 Å². The molecule has 0 aliphatic rings. The van der Waals surface area contributed by atoms with Crippen LogP contribution >= 0.6 is 23.2 Å². The molecular weight excluding hydrogens is 343 g/mol. The molecule has 0 fully saturated rings. The quantitative estimate of drug-likeness (QED) is 0.764. The normalized spacial score (nSPS) is 12.2. The number of hydrogen-bond acceptors (Lipinski definition) is 2. The molecule has 1 unspecified atom stereocenters. The Labute approximate surface area is 153 Å². The Hall–Kier alpha value is -1.55. The zero-order valence-electron chi connectivity index (χ0n) is 13.9. The van der Waals surface area contributed by atoms with Crippen LogP contribution in [0.15, 0.2) is 48.5 Å². The first kappa shape index (κ1) is 18.8. The second-order valence-electron chi connectivity index (χ2n) is 5.46. The van der Waals surface area contributed by atoms with Crippen molar-refractivity contribution in [3.63, 3.8) is 0 Å². The molecular formula is C19H22Cl2N2O.